The largest absolute Gasteiger partial charge is 0.377 e. The number of nitrogens with zero attached hydrogens (tertiary/aromatic N) is 2. The maximum absolute atomic E-state index is 12.5. The number of carbonyl (C=O) groups is 1. The minimum atomic E-state index is 0.0395. The van der Waals surface area contributed by atoms with Crippen molar-refractivity contribution >= 4 is 28.4 Å². The molecule has 1 amide bonds. The second kappa shape index (κ2) is 5.38. The Kier molecular flexibility index (Phi) is 3.59. The Bertz CT molecular complexity index is 659. The first kappa shape index (κ1) is 13.3. The van der Waals surface area contributed by atoms with E-state index in [-0.39, 0.29) is 11.9 Å². The molecule has 1 saturated heterocycles. The molecule has 0 spiro atoms. The van der Waals surface area contributed by atoms with Crippen LogP contribution in [0.3, 0.4) is 0 Å². The highest BCUT2D eigenvalue weighted by molar-refractivity contribution is 6.29. The Balaban J connectivity index is 1.93. The van der Waals surface area contributed by atoms with E-state index in [1.54, 1.807) is 12.1 Å². The predicted molar refractivity (Wildman–Crippen MR) is 78.1 cm³/mol. The van der Waals surface area contributed by atoms with Crippen LogP contribution in [0.25, 0.3) is 10.9 Å². The fourth-order valence-electron chi connectivity index (χ4n) is 2.43. The van der Waals surface area contributed by atoms with Gasteiger partial charge in [0.1, 0.15) is 5.15 Å². The molecule has 1 atom stereocenters. The molecule has 0 aliphatic carbocycles. The molecule has 0 bridgehead atoms. The van der Waals surface area contributed by atoms with Gasteiger partial charge in [0, 0.05) is 17.5 Å². The molecule has 1 aromatic carbocycles. The van der Waals surface area contributed by atoms with Crippen molar-refractivity contribution in [2.24, 2.45) is 0 Å². The van der Waals surface area contributed by atoms with Gasteiger partial charge in [0.15, 0.2) is 0 Å². The molecule has 5 heteroatoms. The highest BCUT2D eigenvalue weighted by Gasteiger charge is 2.24. The Labute approximate surface area is 122 Å². The Morgan fingerprint density at radius 1 is 1.40 bits per heavy atom. The molecule has 0 N–H and O–H groups in total. The molecule has 1 aliphatic heterocycles. The zero-order valence-electron chi connectivity index (χ0n) is 11.2. The first-order valence-corrected chi connectivity index (χ1v) is 6.98. The highest BCUT2D eigenvalue weighted by atomic mass is 35.5. The Morgan fingerprint density at radius 3 is 3.05 bits per heavy atom. The molecule has 2 aromatic rings. The van der Waals surface area contributed by atoms with Gasteiger partial charge in [-0.15, -0.1) is 0 Å². The van der Waals surface area contributed by atoms with Gasteiger partial charge < -0.3 is 9.64 Å². The molecule has 1 aromatic heterocycles. The third kappa shape index (κ3) is 2.49. The number of halogens is 1. The third-order valence-corrected chi connectivity index (χ3v) is 3.74. The van der Waals surface area contributed by atoms with Crippen LogP contribution in [0.1, 0.15) is 17.3 Å². The number of carbonyl (C=O) groups excluding carboxylic acids is 1. The van der Waals surface area contributed by atoms with Gasteiger partial charge in [-0.25, -0.2) is 4.98 Å². The lowest BCUT2D eigenvalue weighted by atomic mass is 10.1. The van der Waals surface area contributed by atoms with E-state index >= 15 is 0 Å². The lowest BCUT2D eigenvalue weighted by molar-refractivity contribution is 0.00360. The normalized spacial score (nSPS) is 19.3. The minimum Gasteiger partial charge on any atom is -0.377 e. The molecule has 0 radical (unpaired) electrons. The molecule has 0 saturated carbocycles. The Hall–Kier alpha value is -1.65. The summed E-state index contributed by atoms with van der Waals surface area (Å²) >= 11 is 5.86. The van der Waals surface area contributed by atoms with Crippen molar-refractivity contribution in [2.75, 3.05) is 19.8 Å². The number of benzene rings is 1. The number of aromatic nitrogens is 1. The summed E-state index contributed by atoms with van der Waals surface area (Å²) in [5, 5.41) is 1.37. The van der Waals surface area contributed by atoms with Crippen LogP contribution >= 0.6 is 11.6 Å². The summed E-state index contributed by atoms with van der Waals surface area (Å²) in [6, 6.07) is 9.22. The van der Waals surface area contributed by atoms with Crippen LogP contribution in [0.4, 0.5) is 0 Å². The van der Waals surface area contributed by atoms with E-state index in [0.717, 1.165) is 10.9 Å². The maximum Gasteiger partial charge on any atom is 0.254 e. The fourth-order valence-corrected chi connectivity index (χ4v) is 2.58. The summed E-state index contributed by atoms with van der Waals surface area (Å²) in [7, 11) is 0. The van der Waals surface area contributed by atoms with Crippen LogP contribution < -0.4 is 0 Å². The molecular formula is C15H15ClN2O2. The van der Waals surface area contributed by atoms with Crippen molar-refractivity contribution in [1.29, 1.82) is 0 Å². The van der Waals surface area contributed by atoms with Crippen LogP contribution in [0.5, 0.6) is 0 Å². The zero-order chi connectivity index (χ0) is 14.1. The van der Waals surface area contributed by atoms with Gasteiger partial charge >= 0.3 is 0 Å². The standard InChI is InChI=1S/C15H15ClN2O2/c1-10-9-20-7-6-18(10)15(19)12-2-4-13-11(8-12)3-5-14(16)17-13/h2-5,8,10H,6-7,9H2,1H3/t10-/m0/s1. The third-order valence-electron chi connectivity index (χ3n) is 3.53. The van der Waals surface area contributed by atoms with E-state index in [4.69, 9.17) is 16.3 Å². The number of fused-ring (bicyclic) bond motifs is 1. The smallest absolute Gasteiger partial charge is 0.254 e. The van der Waals surface area contributed by atoms with Gasteiger partial charge in [0.05, 0.1) is 24.8 Å². The molecule has 3 rings (SSSR count). The molecule has 2 heterocycles. The summed E-state index contributed by atoms with van der Waals surface area (Å²) < 4.78 is 5.36. The lowest BCUT2D eigenvalue weighted by Gasteiger charge is -2.33. The van der Waals surface area contributed by atoms with Crippen LogP contribution in [0.15, 0.2) is 30.3 Å². The average molecular weight is 291 g/mol. The highest BCUT2D eigenvalue weighted by Crippen LogP contribution is 2.19. The van der Waals surface area contributed by atoms with E-state index in [1.165, 1.54) is 0 Å². The van der Waals surface area contributed by atoms with E-state index in [1.807, 2.05) is 30.0 Å². The monoisotopic (exact) mass is 290 g/mol. The van der Waals surface area contributed by atoms with Gasteiger partial charge in [0.25, 0.3) is 5.91 Å². The van der Waals surface area contributed by atoms with Crippen molar-refractivity contribution < 1.29 is 9.53 Å². The molecule has 1 aliphatic rings. The number of amides is 1. The number of hydrogen-bond acceptors (Lipinski definition) is 3. The van der Waals surface area contributed by atoms with Gasteiger partial charge in [-0.2, -0.15) is 0 Å². The topological polar surface area (TPSA) is 42.4 Å². The van der Waals surface area contributed by atoms with E-state index in [0.29, 0.717) is 30.5 Å². The van der Waals surface area contributed by atoms with Gasteiger partial charge in [-0.1, -0.05) is 11.6 Å². The van der Waals surface area contributed by atoms with Crippen LogP contribution in [0, 0.1) is 0 Å². The second-order valence-corrected chi connectivity index (χ2v) is 5.35. The van der Waals surface area contributed by atoms with Gasteiger partial charge in [-0.3, -0.25) is 4.79 Å². The predicted octanol–water partition coefficient (Wildman–Crippen LogP) is 2.75. The number of hydrogen-bond donors (Lipinski definition) is 0. The van der Waals surface area contributed by atoms with Crippen molar-refractivity contribution in [2.45, 2.75) is 13.0 Å². The lowest BCUT2D eigenvalue weighted by Crippen LogP contribution is -2.47. The molecule has 20 heavy (non-hydrogen) atoms. The summed E-state index contributed by atoms with van der Waals surface area (Å²) in [5.74, 6) is 0.0395. The molecule has 0 unspecified atom stereocenters. The summed E-state index contributed by atoms with van der Waals surface area (Å²) in [5.41, 5.74) is 1.47. The first-order chi connectivity index (χ1) is 9.65. The quantitative estimate of drug-likeness (QED) is 0.759. The second-order valence-electron chi connectivity index (χ2n) is 4.96. The van der Waals surface area contributed by atoms with Crippen molar-refractivity contribution in [3.05, 3.63) is 41.0 Å². The summed E-state index contributed by atoms with van der Waals surface area (Å²) in [6.45, 7) is 3.83. The van der Waals surface area contributed by atoms with Crippen molar-refractivity contribution in [3.63, 3.8) is 0 Å². The van der Waals surface area contributed by atoms with Crippen LogP contribution in [0.2, 0.25) is 5.15 Å². The maximum atomic E-state index is 12.5. The summed E-state index contributed by atoms with van der Waals surface area (Å²) in [4.78, 5) is 18.6. The van der Waals surface area contributed by atoms with Crippen molar-refractivity contribution in [3.8, 4) is 0 Å². The molecular weight excluding hydrogens is 276 g/mol. The van der Waals surface area contributed by atoms with Gasteiger partial charge in [0.2, 0.25) is 0 Å². The fraction of sp³-hybridized carbons (Fsp3) is 0.333. The van der Waals surface area contributed by atoms with Crippen molar-refractivity contribution in [1.82, 2.24) is 9.88 Å². The number of morpholine rings is 1. The molecule has 1 fully saturated rings. The zero-order valence-corrected chi connectivity index (χ0v) is 11.9. The SMILES string of the molecule is C[C@H]1COCCN1C(=O)c1ccc2nc(Cl)ccc2c1. The Morgan fingerprint density at radius 2 is 2.25 bits per heavy atom. The number of pyridine rings is 1. The van der Waals surface area contributed by atoms with Crippen LogP contribution in [-0.2, 0) is 4.74 Å². The van der Waals surface area contributed by atoms with E-state index < -0.39 is 0 Å². The van der Waals surface area contributed by atoms with Crippen LogP contribution in [-0.4, -0.2) is 41.6 Å². The number of rotatable bonds is 1. The molecule has 4 nitrogen and oxygen atoms in total. The van der Waals surface area contributed by atoms with E-state index in [2.05, 4.69) is 4.98 Å². The van der Waals surface area contributed by atoms with Gasteiger partial charge in [-0.05, 0) is 37.3 Å². The van der Waals surface area contributed by atoms with E-state index in [9.17, 15) is 4.79 Å². The minimum absolute atomic E-state index is 0.0395. The first-order valence-electron chi connectivity index (χ1n) is 6.60. The molecule has 104 valence electrons. The average Bonchev–Trinajstić information content (AvgIpc) is 2.46. The summed E-state index contributed by atoms with van der Waals surface area (Å²) in [6.07, 6.45) is 0. The number of ether oxygens (including phenoxy) is 1.